The second-order valence-corrected chi connectivity index (χ2v) is 6.34. The molecule has 2 saturated heterocycles. The molecule has 0 bridgehead atoms. The lowest BCUT2D eigenvalue weighted by molar-refractivity contribution is 0.123. The van der Waals surface area contributed by atoms with Crippen LogP contribution in [0, 0.1) is 0 Å². The fraction of sp³-hybridized carbons (Fsp3) is 0.647. The number of para-hydroxylation sites is 2. The molecule has 21 heavy (non-hydrogen) atoms. The number of rotatable bonds is 4. The molecule has 1 aromatic carbocycles. The van der Waals surface area contributed by atoms with Crippen LogP contribution in [0.5, 0.6) is 0 Å². The van der Waals surface area contributed by atoms with Crippen molar-refractivity contribution in [1.29, 1.82) is 0 Å². The first-order chi connectivity index (χ1) is 10.2. The maximum absolute atomic E-state index is 5.47. The summed E-state index contributed by atoms with van der Waals surface area (Å²) in [6.45, 7) is 10.6. The fourth-order valence-electron chi connectivity index (χ4n) is 3.27. The molecule has 0 saturated carbocycles. The maximum Gasteiger partial charge on any atom is 0.0642 e. The number of likely N-dealkylation sites (tertiary alicyclic amines) is 1. The minimum absolute atomic E-state index is 0.564. The van der Waals surface area contributed by atoms with E-state index in [9.17, 15) is 0 Å². The Kier molecular flexibility index (Phi) is 4.66. The molecule has 2 fully saturated rings. The molecular weight excluding hydrogens is 262 g/mol. The Morgan fingerprint density at radius 2 is 1.90 bits per heavy atom. The predicted octanol–water partition coefficient (Wildman–Crippen LogP) is 2.42. The molecule has 1 aromatic rings. The van der Waals surface area contributed by atoms with Crippen molar-refractivity contribution in [3.05, 3.63) is 24.3 Å². The average molecular weight is 289 g/mol. The van der Waals surface area contributed by atoms with Crippen LogP contribution >= 0.6 is 0 Å². The third-order valence-corrected chi connectivity index (χ3v) is 4.57. The molecule has 1 atom stereocenters. The van der Waals surface area contributed by atoms with Gasteiger partial charge in [0.1, 0.15) is 0 Å². The zero-order valence-corrected chi connectivity index (χ0v) is 13.2. The zero-order chi connectivity index (χ0) is 14.7. The molecule has 0 aliphatic carbocycles. The monoisotopic (exact) mass is 289 g/mol. The van der Waals surface area contributed by atoms with Gasteiger partial charge in [0.05, 0.1) is 24.6 Å². The van der Waals surface area contributed by atoms with Crippen molar-refractivity contribution >= 4 is 11.4 Å². The Morgan fingerprint density at radius 1 is 1.14 bits per heavy atom. The van der Waals surface area contributed by atoms with Crippen LogP contribution in [0.15, 0.2) is 24.3 Å². The van der Waals surface area contributed by atoms with E-state index >= 15 is 0 Å². The number of hydrogen-bond acceptors (Lipinski definition) is 4. The Bertz CT molecular complexity index is 457. The molecule has 4 nitrogen and oxygen atoms in total. The van der Waals surface area contributed by atoms with E-state index in [1.807, 2.05) is 0 Å². The van der Waals surface area contributed by atoms with Crippen LogP contribution < -0.4 is 10.2 Å². The second kappa shape index (κ2) is 6.67. The Balaban J connectivity index is 1.68. The van der Waals surface area contributed by atoms with Gasteiger partial charge in [-0.2, -0.15) is 0 Å². The molecule has 0 amide bonds. The SMILES string of the molecule is CC(C)N1CCC(Nc2ccccc2N2CCOCC2)C1. The van der Waals surface area contributed by atoms with E-state index in [4.69, 9.17) is 4.74 Å². The van der Waals surface area contributed by atoms with Gasteiger partial charge >= 0.3 is 0 Å². The van der Waals surface area contributed by atoms with Gasteiger partial charge in [-0.05, 0) is 32.4 Å². The summed E-state index contributed by atoms with van der Waals surface area (Å²) in [5.74, 6) is 0. The number of benzene rings is 1. The molecule has 2 aliphatic heterocycles. The van der Waals surface area contributed by atoms with E-state index < -0.39 is 0 Å². The highest BCUT2D eigenvalue weighted by atomic mass is 16.5. The smallest absolute Gasteiger partial charge is 0.0642 e. The van der Waals surface area contributed by atoms with E-state index in [-0.39, 0.29) is 0 Å². The molecule has 3 rings (SSSR count). The molecule has 0 radical (unpaired) electrons. The molecule has 4 heteroatoms. The summed E-state index contributed by atoms with van der Waals surface area (Å²) in [4.78, 5) is 4.98. The van der Waals surface area contributed by atoms with Gasteiger partial charge in [-0.3, -0.25) is 4.90 Å². The van der Waals surface area contributed by atoms with Crippen molar-refractivity contribution in [3.8, 4) is 0 Å². The first-order valence-electron chi connectivity index (χ1n) is 8.16. The standard InChI is InChI=1S/C17H27N3O/c1-14(2)20-8-7-15(13-20)18-16-5-3-4-6-17(16)19-9-11-21-12-10-19/h3-6,14-15,18H,7-13H2,1-2H3. The van der Waals surface area contributed by atoms with Crippen LogP contribution in [0.4, 0.5) is 11.4 Å². The summed E-state index contributed by atoms with van der Waals surface area (Å²) in [5, 5.41) is 3.77. The van der Waals surface area contributed by atoms with Crippen molar-refractivity contribution in [2.45, 2.75) is 32.4 Å². The van der Waals surface area contributed by atoms with Crippen molar-refractivity contribution < 1.29 is 4.74 Å². The normalized spacial score (nSPS) is 23.8. The predicted molar refractivity (Wildman–Crippen MR) is 88.2 cm³/mol. The van der Waals surface area contributed by atoms with Gasteiger partial charge in [0.15, 0.2) is 0 Å². The first kappa shape index (κ1) is 14.7. The zero-order valence-electron chi connectivity index (χ0n) is 13.2. The van der Waals surface area contributed by atoms with Crippen LogP contribution in [0.3, 0.4) is 0 Å². The highest BCUT2D eigenvalue weighted by molar-refractivity contribution is 5.70. The van der Waals surface area contributed by atoms with Crippen LogP contribution in [0.1, 0.15) is 20.3 Å². The molecule has 116 valence electrons. The van der Waals surface area contributed by atoms with Crippen molar-refractivity contribution in [1.82, 2.24) is 4.90 Å². The largest absolute Gasteiger partial charge is 0.379 e. The molecule has 1 unspecified atom stereocenters. The Hall–Kier alpha value is -1.26. The van der Waals surface area contributed by atoms with Crippen LogP contribution in [-0.4, -0.2) is 56.4 Å². The molecule has 1 N–H and O–H groups in total. The van der Waals surface area contributed by atoms with E-state index in [0.29, 0.717) is 12.1 Å². The van der Waals surface area contributed by atoms with Crippen LogP contribution in [0.25, 0.3) is 0 Å². The van der Waals surface area contributed by atoms with Crippen molar-refractivity contribution in [3.63, 3.8) is 0 Å². The van der Waals surface area contributed by atoms with Gasteiger partial charge in [-0.25, -0.2) is 0 Å². The lowest BCUT2D eigenvalue weighted by atomic mass is 10.2. The van der Waals surface area contributed by atoms with E-state index in [2.05, 4.69) is 53.2 Å². The summed E-state index contributed by atoms with van der Waals surface area (Å²) >= 11 is 0. The van der Waals surface area contributed by atoms with Gasteiger partial charge in [-0.15, -0.1) is 0 Å². The van der Waals surface area contributed by atoms with E-state index in [0.717, 1.165) is 32.8 Å². The summed E-state index contributed by atoms with van der Waals surface area (Å²) in [7, 11) is 0. The van der Waals surface area contributed by atoms with Crippen molar-refractivity contribution in [2.24, 2.45) is 0 Å². The Morgan fingerprint density at radius 3 is 2.62 bits per heavy atom. The van der Waals surface area contributed by atoms with Crippen LogP contribution in [0.2, 0.25) is 0 Å². The Labute approximate surface area is 128 Å². The average Bonchev–Trinajstić information content (AvgIpc) is 2.98. The number of ether oxygens (including phenoxy) is 1. The maximum atomic E-state index is 5.47. The van der Waals surface area contributed by atoms with Gasteiger partial charge in [-0.1, -0.05) is 12.1 Å². The molecule has 0 spiro atoms. The first-order valence-corrected chi connectivity index (χ1v) is 8.16. The molecule has 0 aromatic heterocycles. The number of nitrogens with one attached hydrogen (secondary N) is 1. The number of morpholine rings is 1. The van der Waals surface area contributed by atoms with Gasteiger partial charge in [0.2, 0.25) is 0 Å². The van der Waals surface area contributed by atoms with Gasteiger partial charge < -0.3 is 15.0 Å². The number of anilines is 2. The highest BCUT2D eigenvalue weighted by Gasteiger charge is 2.25. The molecular formula is C17H27N3O. The number of hydrogen-bond donors (Lipinski definition) is 1. The lowest BCUT2D eigenvalue weighted by Crippen LogP contribution is -2.37. The summed E-state index contributed by atoms with van der Waals surface area (Å²) < 4.78 is 5.47. The van der Waals surface area contributed by atoms with Gasteiger partial charge in [0.25, 0.3) is 0 Å². The third kappa shape index (κ3) is 3.50. The minimum Gasteiger partial charge on any atom is -0.379 e. The molecule has 2 aliphatic rings. The highest BCUT2D eigenvalue weighted by Crippen LogP contribution is 2.28. The summed E-state index contributed by atoms with van der Waals surface area (Å²) in [5.41, 5.74) is 2.60. The summed E-state index contributed by atoms with van der Waals surface area (Å²) in [6, 6.07) is 9.90. The molecule has 2 heterocycles. The quantitative estimate of drug-likeness (QED) is 0.921. The summed E-state index contributed by atoms with van der Waals surface area (Å²) in [6.07, 6.45) is 1.23. The lowest BCUT2D eigenvalue weighted by Gasteiger charge is -2.31. The van der Waals surface area contributed by atoms with Crippen LogP contribution in [-0.2, 0) is 4.74 Å². The second-order valence-electron chi connectivity index (χ2n) is 6.34. The topological polar surface area (TPSA) is 27.7 Å². The van der Waals surface area contributed by atoms with Gasteiger partial charge in [0, 0.05) is 38.3 Å². The van der Waals surface area contributed by atoms with Crippen molar-refractivity contribution in [2.75, 3.05) is 49.6 Å². The number of nitrogens with zero attached hydrogens (tertiary/aromatic N) is 2. The minimum atomic E-state index is 0.564. The van der Waals surface area contributed by atoms with E-state index in [1.165, 1.54) is 24.3 Å². The fourth-order valence-corrected chi connectivity index (χ4v) is 3.27. The third-order valence-electron chi connectivity index (χ3n) is 4.57. The van der Waals surface area contributed by atoms with E-state index in [1.54, 1.807) is 0 Å².